The predicted molar refractivity (Wildman–Crippen MR) is 89.8 cm³/mol. The largest absolute Gasteiger partial charge is 0.508 e. The summed E-state index contributed by atoms with van der Waals surface area (Å²) in [5.74, 6) is 0.255. The number of aromatic nitrogens is 1. The molecular weight excluding hydrogens is 288 g/mol. The zero-order valence-electron chi connectivity index (χ0n) is 12.4. The van der Waals surface area contributed by atoms with Crippen LogP contribution in [0.4, 0.5) is 0 Å². The van der Waals surface area contributed by atoms with Crippen LogP contribution in [0.1, 0.15) is 11.1 Å². The fourth-order valence-corrected chi connectivity index (χ4v) is 2.39. The summed E-state index contributed by atoms with van der Waals surface area (Å²) in [6.45, 7) is 0. The Hall–Kier alpha value is -3.14. The first-order chi connectivity index (χ1) is 11.3. The third-order valence-electron chi connectivity index (χ3n) is 3.64. The lowest BCUT2D eigenvalue weighted by Gasteiger charge is -2.07. The van der Waals surface area contributed by atoms with E-state index in [1.54, 1.807) is 24.5 Å². The normalized spacial score (nSPS) is 11.4. The Labute approximate surface area is 134 Å². The lowest BCUT2D eigenvalue weighted by atomic mass is 10.00. The molecule has 0 bridgehead atoms. The molecule has 3 rings (SSSR count). The molecule has 4 heteroatoms. The fourth-order valence-electron chi connectivity index (χ4n) is 2.39. The number of phenolic OH excluding ortho intramolecular Hbond substituents is 1. The first kappa shape index (κ1) is 14.8. The van der Waals surface area contributed by atoms with Crippen molar-refractivity contribution in [1.82, 2.24) is 4.98 Å². The number of nitrogens with zero attached hydrogens (tertiary/aromatic N) is 2. The van der Waals surface area contributed by atoms with Crippen LogP contribution in [0.2, 0.25) is 0 Å². The highest BCUT2D eigenvalue weighted by molar-refractivity contribution is 6.01. The first-order valence-corrected chi connectivity index (χ1v) is 7.26. The molecule has 0 saturated carbocycles. The van der Waals surface area contributed by atoms with Crippen molar-refractivity contribution in [3.05, 3.63) is 84.2 Å². The molecule has 4 nitrogen and oxygen atoms in total. The second kappa shape index (κ2) is 6.75. The van der Waals surface area contributed by atoms with Gasteiger partial charge in [0.2, 0.25) is 0 Å². The summed E-state index contributed by atoms with van der Waals surface area (Å²) in [6.07, 6.45) is 3.89. The second-order valence-electron chi connectivity index (χ2n) is 5.21. The van der Waals surface area contributed by atoms with Crippen molar-refractivity contribution < 1.29 is 10.3 Å². The van der Waals surface area contributed by atoms with E-state index in [1.165, 1.54) is 0 Å². The van der Waals surface area contributed by atoms with Gasteiger partial charge in [-0.2, -0.15) is 0 Å². The van der Waals surface area contributed by atoms with Crippen LogP contribution in [0.3, 0.4) is 0 Å². The molecule has 0 amide bonds. The predicted octanol–water partition coefficient (Wildman–Crippen LogP) is 3.88. The highest BCUT2D eigenvalue weighted by Crippen LogP contribution is 2.22. The van der Waals surface area contributed by atoms with Gasteiger partial charge in [-0.15, -0.1) is 0 Å². The van der Waals surface area contributed by atoms with Crippen LogP contribution in [0.15, 0.2) is 78.2 Å². The Morgan fingerprint density at radius 3 is 2.13 bits per heavy atom. The molecule has 23 heavy (non-hydrogen) atoms. The van der Waals surface area contributed by atoms with Crippen LogP contribution in [0.5, 0.6) is 5.75 Å². The molecule has 0 fully saturated rings. The number of pyridine rings is 1. The zero-order valence-corrected chi connectivity index (χ0v) is 12.4. The third kappa shape index (κ3) is 3.55. The van der Waals surface area contributed by atoms with Crippen molar-refractivity contribution in [2.45, 2.75) is 6.42 Å². The molecule has 0 aliphatic heterocycles. The van der Waals surface area contributed by atoms with Crippen molar-refractivity contribution in [2.75, 3.05) is 0 Å². The lowest BCUT2D eigenvalue weighted by molar-refractivity contribution is 0.318. The van der Waals surface area contributed by atoms with E-state index in [1.807, 2.05) is 48.5 Å². The van der Waals surface area contributed by atoms with Crippen molar-refractivity contribution in [1.29, 1.82) is 0 Å². The van der Waals surface area contributed by atoms with Crippen molar-refractivity contribution in [2.24, 2.45) is 5.16 Å². The topological polar surface area (TPSA) is 65.7 Å². The molecule has 0 aliphatic carbocycles. The van der Waals surface area contributed by atoms with E-state index in [9.17, 15) is 10.3 Å². The molecule has 0 saturated heterocycles. The molecule has 3 aromatic rings. The summed E-state index contributed by atoms with van der Waals surface area (Å²) in [4.78, 5) is 4.04. The van der Waals surface area contributed by atoms with Crippen LogP contribution >= 0.6 is 0 Å². The van der Waals surface area contributed by atoms with Gasteiger partial charge in [0, 0.05) is 24.4 Å². The van der Waals surface area contributed by atoms with E-state index in [0.29, 0.717) is 12.1 Å². The number of benzene rings is 2. The van der Waals surface area contributed by atoms with Gasteiger partial charge in [0.05, 0.1) is 5.71 Å². The Balaban J connectivity index is 1.78. The Morgan fingerprint density at radius 2 is 1.57 bits per heavy atom. The minimum absolute atomic E-state index is 0.255. The molecule has 2 N–H and O–H groups in total. The van der Waals surface area contributed by atoms with Gasteiger partial charge in [-0.3, -0.25) is 4.98 Å². The van der Waals surface area contributed by atoms with Gasteiger partial charge in [-0.1, -0.05) is 41.6 Å². The monoisotopic (exact) mass is 304 g/mol. The quantitative estimate of drug-likeness (QED) is 0.437. The fraction of sp³-hybridized carbons (Fsp3) is 0.0526. The van der Waals surface area contributed by atoms with Crippen LogP contribution in [-0.2, 0) is 6.42 Å². The van der Waals surface area contributed by atoms with E-state index in [-0.39, 0.29) is 5.75 Å². The molecule has 2 aromatic carbocycles. The average molecular weight is 304 g/mol. The van der Waals surface area contributed by atoms with Gasteiger partial charge in [0.1, 0.15) is 5.75 Å². The average Bonchev–Trinajstić information content (AvgIpc) is 2.62. The third-order valence-corrected chi connectivity index (χ3v) is 3.64. The standard InChI is InChI=1S/C19H16N2O2/c22-18-9-7-16(8-10-18)15-5-3-14(4-6-15)12-19(21-23)17-2-1-11-20-13-17/h1-11,13,22-23H,12H2/b21-19-. The van der Waals surface area contributed by atoms with E-state index >= 15 is 0 Å². The second-order valence-corrected chi connectivity index (χ2v) is 5.21. The molecule has 0 atom stereocenters. The molecule has 0 aliphatic rings. The van der Waals surface area contributed by atoms with Crippen LogP contribution in [0, 0.1) is 0 Å². The highest BCUT2D eigenvalue weighted by atomic mass is 16.4. The van der Waals surface area contributed by atoms with Gasteiger partial charge < -0.3 is 10.3 Å². The Morgan fingerprint density at radius 1 is 0.913 bits per heavy atom. The molecule has 0 unspecified atom stereocenters. The van der Waals surface area contributed by atoms with Crippen LogP contribution in [-0.4, -0.2) is 21.0 Å². The summed E-state index contributed by atoms with van der Waals surface area (Å²) in [5.41, 5.74) is 4.53. The number of rotatable bonds is 4. The minimum atomic E-state index is 0.255. The summed E-state index contributed by atoms with van der Waals surface area (Å²) in [5, 5.41) is 22.0. The number of oxime groups is 1. The highest BCUT2D eigenvalue weighted by Gasteiger charge is 2.06. The van der Waals surface area contributed by atoms with E-state index < -0.39 is 0 Å². The first-order valence-electron chi connectivity index (χ1n) is 7.26. The van der Waals surface area contributed by atoms with Crippen molar-refractivity contribution >= 4 is 5.71 Å². The summed E-state index contributed by atoms with van der Waals surface area (Å²) >= 11 is 0. The van der Waals surface area contributed by atoms with Gasteiger partial charge in [0.15, 0.2) is 0 Å². The van der Waals surface area contributed by atoms with Crippen molar-refractivity contribution in [3.63, 3.8) is 0 Å². The maximum Gasteiger partial charge on any atom is 0.115 e. The van der Waals surface area contributed by atoms with Gasteiger partial charge in [-0.05, 0) is 41.0 Å². The van der Waals surface area contributed by atoms with E-state index in [4.69, 9.17) is 0 Å². The number of aromatic hydroxyl groups is 1. The van der Waals surface area contributed by atoms with Crippen LogP contribution in [0.25, 0.3) is 11.1 Å². The van der Waals surface area contributed by atoms with Gasteiger partial charge in [-0.25, -0.2) is 0 Å². The minimum Gasteiger partial charge on any atom is -0.508 e. The van der Waals surface area contributed by atoms with Gasteiger partial charge in [0.25, 0.3) is 0 Å². The molecule has 0 spiro atoms. The Kier molecular flexibility index (Phi) is 4.34. The number of phenols is 1. The Bertz CT molecular complexity index is 795. The molecule has 114 valence electrons. The van der Waals surface area contributed by atoms with Crippen LogP contribution < -0.4 is 0 Å². The zero-order chi connectivity index (χ0) is 16.1. The number of hydrogen-bond donors (Lipinski definition) is 2. The maximum absolute atomic E-state index is 9.34. The molecule has 1 aromatic heterocycles. The SMILES string of the molecule is O/N=C(/Cc1ccc(-c2ccc(O)cc2)cc1)c1cccnc1. The summed E-state index contributed by atoms with van der Waals surface area (Å²) < 4.78 is 0. The molecular formula is C19H16N2O2. The van der Waals surface area contributed by atoms with E-state index in [2.05, 4.69) is 10.1 Å². The maximum atomic E-state index is 9.34. The lowest BCUT2D eigenvalue weighted by Crippen LogP contribution is -2.05. The van der Waals surface area contributed by atoms with E-state index in [0.717, 1.165) is 22.3 Å². The smallest absolute Gasteiger partial charge is 0.115 e. The molecule has 0 radical (unpaired) electrons. The van der Waals surface area contributed by atoms with Crippen molar-refractivity contribution in [3.8, 4) is 16.9 Å². The number of hydrogen-bond acceptors (Lipinski definition) is 4. The summed E-state index contributed by atoms with van der Waals surface area (Å²) in [6, 6.07) is 18.8. The summed E-state index contributed by atoms with van der Waals surface area (Å²) in [7, 11) is 0. The van der Waals surface area contributed by atoms with Gasteiger partial charge >= 0.3 is 0 Å². The molecule has 1 heterocycles.